The summed E-state index contributed by atoms with van der Waals surface area (Å²) in [4.78, 5) is 33.0. The number of halogens is 3. The van der Waals surface area contributed by atoms with Crippen LogP contribution in [0.1, 0.15) is 20.8 Å². The highest BCUT2D eigenvalue weighted by atomic mass is 32.2. The second kappa shape index (κ2) is 13.3. The lowest BCUT2D eigenvalue weighted by molar-refractivity contribution is -0.274. The van der Waals surface area contributed by atoms with Gasteiger partial charge in [0.25, 0.3) is 10.0 Å². The van der Waals surface area contributed by atoms with Gasteiger partial charge in [-0.2, -0.15) is 0 Å². The summed E-state index contributed by atoms with van der Waals surface area (Å²) in [6.45, 7) is 7.28. The van der Waals surface area contributed by atoms with E-state index in [0.29, 0.717) is 49.1 Å². The maximum atomic E-state index is 13.3. The van der Waals surface area contributed by atoms with E-state index in [1.54, 1.807) is 23.2 Å². The van der Waals surface area contributed by atoms with E-state index >= 15 is 0 Å². The van der Waals surface area contributed by atoms with Crippen LogP contribution in [-0.4, -0.2) is 77.5 Å². The van der Waals surface area contributed by atoms with Gasteiger partial charge in [0, 0.05) is 62.5 Å². The Morgan fingerprint density at radius 2 is 1.68 bits per heavy atom. The standard InChI is InChI=1S/C30H31F3N8O5S/c1-29(2,3)46-28(42)41-13-11-40(12-14-41)27-15-20(7-8-36-27)24-16-21(17-25(37-24)38-26-19-34-9-10-35-26)39-47(43,44)23-6-4-5-22(18-23)45-30(31,32)33/h4-10,15-19H,11-14H2,1-3H3,(H2,35,37,38,39). The number of carbonyl (C=O) groups excluding carboxylic acids is 1. The number of piperazine rings is 1. The zero-order valence-electron chi connectivity index (χ0n) is 25.5. The maximum absolute atomic E-state index is 13.3. The Morgan fingerprint density at radius 3 is 2.36 bits per heavy atom. The van der Waals surface area contributed by atoms with Crippen molar-refractivity contribution in [3.8, 4) is 17.0 Å². The third kappa shape index (κ3) is 9.18. The van der Waals surface area contributed by atoms with Gasteiger partial charge in [0.15, 0.2) is 0 Å². The number of hydrogen-bond acceptors (Lipinski definition) is 11. The third-order valence-corrected chi connectivity index (χ3v) is 7.92. The first-order valence-electron chi connectivity index (χ1n) is 14.3. The molecule has 1 saturated heterocycles. The molecule has 2 N–H and O–H groups in total. The van der Waals surface area contributed by atoms with E-state index in [0.717, 1.165) is 24.3 Å². The van der Waals surface area contributed by atoms with Crippen molar-refractivity contribution < 1.29 is 35.9 Å². The van der Waals surface area contributed by atoms with Crippen molar-refractivity contribution in [1.82, 2.24) is 24.8 Å². The molecule has 0 radical (unpaired) electrons. The summed E-state index contributed by atoms with van der Waals surface area (Å²) in [5.41, 5.74) is 0.398. The number of aromatic nitrogens is 4. The Kier molecular flexibility index (Phi) is 9.37. The molecule has 0 unspecified atom stereocenters. The second-order valence-electron chi connectivity index (χ2n) is 11.3. The fraction of sp³-hybridized carbons (Fsp3) is 0.300. The monoisotopic (exact) mass is 672 g/mol. The quantitative estimate of drug-likeness (QED) is 0.246. The van der Waals surface area contributed by atoms with E-state index < -0.39 is 32.6 Å². The average molecular weight is 673 g/mol. The predicted octanol–water partition coefficient (Wildman–Crippen LogP) is 5.43. The lowest BCUT2D eigenvalue weighted by Crippen LogP contribution is -2.50. The molecule has 17 heteroatoms. The first-order chi connectivity index (χ1) is 22.1. The van der Waals surface area contributed by atoms with Crippen molar-refractivity contribution in [1.29, 1.82) is 0 Å². The molecule has 0 spiro atoms. The average Bonchev–Trinajstić information content (AvgIpc) is 3.00. The van der Waals surface area contributed by atoms with Gasteiger partial charge in [0.1, 0.15) is 28.8 Å². The number of alkyl halides is 3. The molecule has 4 aromatic rings. The molecule has 0 bridgehead atoms. The van der Waals surface area contributed by atoms with Gasteiger partial charge >= 0.3 is 12.5 Å². The summed E-state index contributed by atoms with van der Waals surface area (Å²) in [6.07, 6.45) is 0.605. The van der Waals surface area contributed by atoms with Crippen molar-refractivity contribution in [2.24, 2.45) is 0 Å². The first-order valence-corrected chi connectivity index (χ1v) is 15.7. The van der Waals surface area contributed by atoms with E-state index in [9.17, 15) is 26.4 Å². The third-order valence-electron chi connectivity index (χ3n) is 6.54. The number of sulfonamides is 1. The molecule has 1 fully saturated rings. The number of ether oxygens (including phenoxy) is 2. The van der Waals surface area contributed by atoms with Gasteiger partial charge in [0.05, 0.1) is 22.5 Å². The van der Waals surface area contributed by atoms with Crippen LogP contribution in [0.4, 0.5) is 41.1 Å². The number of anilines is 4. The number of carbonyl (C=O) groups is 1. The number of pyridine rings is 2. The van der Waals surface area contributed by atoms with Crippen LogP contribution in [0.2, 0.25) is 0 Å². The smallest absolute Gasteiger partial charge is 0.444 e. The number of benzene rings is 1. The molecule has 248 valence electrons. The van der Waals surface area contributed by atoms with Gasteiger partial charge in [-0.05, 0) is 51.1 Å². The van der Waals surface area contributed by atoms with Crippen LogP contribution >= 0.6 is 0 Å². The molecule has 5 rings (SSSR count). The second-order valence-corrected chi connectivity index (χ2v) is 13.0. The van der Waals surface area contributed by atoms with Gasteiger partial charge in [-0.3, -0.25) is 9.71 Å². The van der Waals surface area contributed by atoms with Crippen molar-refractivity contribution in [3.63, 3.8) is 0 Å². The van der Waals surface area contributed by atoms with Crippen molar-refractivity contribution in [3.05, 3.63) is 73.3 Å². The Hall–Kier alpha value is -5.19. The molecule has 0 saturated carbocycles. The molecule has 1 aliphatic heterocycles. The van der Waals surface area contributed by atoms with Gasteiger partial charge < -0.3 is 24.6 Å². The number of nitrogens with one attached hydrogen (secondary N) is 2. The van der Waals surface area contributed by atoms with Gasteiger partial charge in [-0.1, -0.05) is 6.07 Å². The van der Waals surface area contributed by atoms with E-state index in [-0.39, 0.29) is 17.6 Å². The molecule has 1 aliphatic rings. The van der Waals surface area contributed by atoms with Gasteiger partial charge in [0.2, 0.25) is 0 Å². The minimum atomic E-state index is -4.99. The van der Waals surface area contributed by atoms with E-state index in [4.69, 9.17) is 4.74 Å². The Bertz CT molecular complexity index is 1830. The summed E-state index contributed by atoms with van der Waals surface area (Å²) >= 11 is 0. The Morgan fingerprint density at radius 1 is 0.915 bits per heavy atom. The zero-order chi connectivity index (χ0) is 33.8. The van der Waals surface area contributed by atoms with Crippen LogP contribution in [0, 0.1) is 0 Å². The molecule has 4 heterocycles. The van der Waals surface area contributed by atoms with Crippen LogP contribution in [-0.2, 0) is 14.8 Å². The lowest BCUT2D eigenvalue weighted by atomic mass is 10.1. The molecular weight excluding hydrogens is 641 g/mol. The molecule has 0 atom stereocenters. The van der Waals surface area contributed by atoms with Crippen molar-refractivity contribution in [2.45, 2.75) is 37.6 Å². The van der Waals surface area contributed by atoms with E-state index in [1.807, 2.05) is 25.7 Å². The summed E-state index contributed by atoms with van der Waals surface area (Å²) in [6, 6.07) is 10.4. The fourth-order valence-electron chi connectivity index (χ4n) is 4.54. The minimum Gasteiger partial charge on any atom is -0.444 e. The molecule has 13 nitrogen and oxygen atoms in total. The van der Waals surface area contributed by atoms with E-state index in [2.05, 4.69) is 34.7 Å². The Labute approximate surface area is 268 Å². The summed E-state index contributed by atoms with van der Waals surface area (Å²) in [5.74, 6) is 0.474. The molecule has 47 heavy (non-hydrogen) atoms. The number of amides is 1. The molecule has 1 aromatic carbocycles. The summed E-state index contributed by atoms with van der Waals surface area (Å²) < 4.78 is 76.6. The van der Waals surface area contributed by atoms with Crippen molar-refractivity contribution >= 4 is 39.3 Å². The molecule has 1 amide bonds. The predicted molar refractivity (Wildman–Crippen MR) is 167 cm³/mol. The highest BCUT2D eigenvalue weighted by Gasteiger charge is 2.32. The van der Waals surface area contributed by atoms with Crippen LogP contribution < -0.4 is 19.7 Å². The molecule has 0 aliphatic carbocycles. The van der Waals surface area contributed by atoms with E-state index in [1.165, 1.54) is 30.7 Å². The number of hydrogen-bond donors (Lipinski definition) is 2. The van der Waals surface area contributed by atoms with Gasteiger partial charge in [-0.25, -0.2) is 28.2 Å². The summed E-state index contributed by atoms with van der Waals surface area (Å²) in [5, 5.41) is 2.98. The highest BCUT2D eigenvalue weighted by molar-refractivity contribution is 7.92. The van der Waals surface area contributed by atoms with Crippen LogP contribution in [0.3, 0.4) is 0 Å². The number of rotatable bonds is 8. The van der Waals surface area contributed by atoms with Gasteiger partial charge in [-0.15, -0.1) is 13.2 Å². The van der Waals surface area contributed by atoms with Crippen molar-refractivity contribution in [2.75, 3.05) is 41.1 Å². The highest BCUT2D eigenvalue weighted by Crippen LogP contribution is 2.30. The van der Waals surface area contributed by atoms with Crippen LogP contribution in [0.15, 0.2) is 78.2 Å². The largest absolute Gasteiger partial charge is 0.573 e. The normalized spacial score (nSPS) is 14.0. The van der Waals surface area contributed by atoms with Crippen LogP contribution in [0.25, 0.3) is 11.3 Å². The maximum Gasteiger partial charge on any atom is 0.573 e. The Balaban J connectivity index is 1.42. The lowest BCUT2D eigenvalue weighted by Gasteiger charge is -2.36. The SMILES string of the molecule is CC(C)(C)OC(=O)N1CCN(c2cc(-c3cc(NS(=O)(=O)c4cccc(OC(F)(F)F)c4)cc(Nc4cnccn4)n3)ccn2)CC1. The minimum absolute atomic E-state index is 0.0628. The fourth-order valence-corrected chi connectivity index (χ4v) is 5.62. The molecular formula is C30H31F3N8O5S. The summed E-state index contributed by atoms with van der Waals surface area (Å²) in [7, 11) is -4.37. The van der Waals surface area contributed by atoms with Crippen LogP contribution in [0.5, 0.6) is 5.75 Å². The zero-order valence-corrected chi connectivity index (χ0v) is 26.3. The molecule has 3 aromatic heterocycles. The first kappa shape index (κ1) is 33.2. The number of nitrogens with zero attached hydrogens (tertiary/aromatic N) is 6. The topological polar surface area (TPSA) is 152 Å².